The van der Waals surface area contributed by atoms with Crippen LogP contribution in [-0.4, -0.2) is 34.1 Å². The quantitative estimate of drug-likeness (QED) is 0.858. The molecular weight excluding hydrogens is 212 g/mol. The van der Waals surface area contributed by atoms with Gasteiger partial charge < -0.3 is 15.2 Å². The zero-order valence-corrected chi connectivity index (χ0v) is 10.4. The number of rotatable bonds is 3. The minimum absolute atomic E-state index is 0.159. The van der Waals surface area contributed by atoms with Crippen molar-refractivity contribution in [3.8, 4) is 0 Å². The first-order valence-electron chi connectivity index (χ1n) is 6.87. The van der Waals surface area contributed by atoms with Gasteiger partial charge in [-0.05, 0) is 38.8 Å². The highest BCUT2D eigenvalue weighted by atomic mass is 15.2. The zero-order chi connectivity index (χ0) is 11.7. The summed E-state index contributed by atoms with van der Waals surface area (Å²) in [4.78, 5) is 7.26. The van der Waals surface area contributed by atoms with E-state index < -0.39 is 0 Å². The molecule has 3 rings (SSSR count). The molecule has 0 aliphatic carbocycles. The van der Waals surface area contributed by atoms with Crippen molar-refractivity contribution in [1.29, 1.82) is 0 Å². The molecule has 4 nitrogen and oxygen atoms in total. The molecule has 1 fully saturated rings. The third-order valence-electron chi connectivity index (χ3n) is 4.00. The lowest BCUT2D eigenvalue weighted by atomic mass is 10.1. The van der Waals surface area contributed by atoms with E-state index in [0.717, 1.165) is 25.8 Å². The van der Waals surface area contributed by atoms with Gasteiger partial charge in [-0.25, -0.2) is 4.98 Å². The van der Waals surface area contributed by atoms with E-state index in [1.807, 2.05) is 0 Å². The number of nitrogens with zero attached hydrogens (tertiary/aromatic N) is 3. The summed E-state index contributed by atoms with van der Waals surface area (Å²) in [5, 5.41) is 0. The van der Waals surface area contributed by atoms with Crippen LogP contribution in [0.25, 0.3) is 0 Å². The standard InChI is InChI=1S/C13H22N4/c14-12-4-3-5-13-15-11(10-17(12)13)6-9-16-7-1-2-8-16/h10,12H,1-9,14H2. The Morgan fingerprint density at radius 1 is 1.29 bits per heavy atom. The van der Waals surface area contributed by atoms with Gasteiger partial charge >= 0.3 is 0 Å². The molecule has 1 atom stereocenters. The highest BCUT2D eigenvalue weighted by Gasteiger charge is 2.19. The summed E-state index contributed by atoms with van der Waals surface area (Å²) >= 11 is 0. The molecular formula is C13H22N4. The first-order chi connectivity index (χ1) is 8.33. The number of hydrogen-bond acceptors (Lipinski definition) is 3. The second-order valence-corrected chi connectivity index (χ2v) is 5.31. The van der Waals surface area contributed by atoms with Crippen LogP contribution in [0.4, 0.5) is 0 Å². The van der Waals surface area contributed by atoms with Gasteiger partial charge in [-0.3, -0.25) is 0 Å². The zero-order valence-electron chi connectivity index (χ0n) is 10.4. The Morgan fingerprint density at radius 3 is 2.88 bits per heavy atom. The summed E-state index contributed by atoms with van der Waals surface area (Å²) in [5.41, 5.74) is 7.32. The normalized spacial score (nSPS) is 25.1. The molecule has 0 saturated carbocycles. The van der Waals surface area contributed by atoms with Gasteiger partial charge in [0.2, 0.25) is 0 Å². The number of fused-ring (bicyclic) bond motifs is 1. The SMILES string of the molecule is NC1CCCc2nc(CCN3CCCC3)cn21. The molecule has 94 valence electrons. The van der Waals surface area contributed by atoms with Crippen LogP contribution in [0.15, 0.2) is 6.20 Å². The van der Waals surface area contributed by atoms with Crippen LogP contribution >= 0.6 is 0 Å². The minimum atomic E-state index is 0.159. The molecule has 1 unspecified atom stereocenters. The number of aromatic nitrogens is 2. The second kappa shape index (κ2) is 4.78. The van der Waals surface area contributed by atoms with E-state index in [2.05, 4.69) is 15.7 Å². The van der Waals surface area contributed by atoms with Crippen molar-refractivity contribution in [3.05, 3.63) is 17.7 Å². The average molecular weight is 234 g/mol. The molecule has 0 radical (unpaired) electrons. The van der Waals surface area contributed by atoms with Gasteiger partial charge in [0.05, 0.1) is 11.9 Å². The summed E-state index contributed by atoms with van der Waals surface area (Å²) in [5.74, 6) is 1.19. The van der Waals surface area contributed by atoms with E-state index in [1.54, 1.807) is 0 Å². The van der Waals surface area contributed by atoms with Gasteiger partial charge in [-0.1, -0.05) is 0 Å². The number of hydrogen-bond donors (Lipinski definition) is 1. The number of likely N-dealkylation sites (tertiary alicyclic amines) is 1. The molecule has 1 saturated heterocycles. The second-order valence-electron chi connectivity index (χ2n) is 5.31. The summed E-state index contributed by atoms with van der Waals surface area (Å²) in [6.45, 7) is 3.70. The van der Waals surface area contributed by atoms with Crippen molar-refractivity contribution in [1.82, 2.24) is 14.5 Å². The van der Waals surface area contributed by atoms with E-state index in [1.165, 1.54) is 43.9 Å². The molecule has 0 aromatic carbocycles. The van der Waals surface area contributed by atoms with Crippen LogP contribution in [0, 0.1) is 0 Å². The van der Waals surface area contributed by atoms with Crippen LogP contribution in [0.5, 0.6) is 0 Å². The monoisotopic (exact) mass is 234 g/mol. The molecule has 0 spiro atoms. The Labute approximate surface area is 103 Å². The van der Waals surface area contributed by atoms with Gasteiger partial charge in [0.15, 0.2) is 0 Å². The van der Waals surface area contributed by atoms with Crippen molar-refractivity contribution in [3.63, 3.8) is 0 Å². The van der Waals surface area contributed by atoms with E-state index in [0.29, 0.717) is 0 Å². The van der Waals surface area contributed by atoms with Crippen LogP contribution in [0.1, 0.15) is 43.4 Å². The summed E-state index contributed by atoms with van der Waals surface area (Å²) in [6.07, 6.45) is 9.51. The minimum Gasteiger partial charge on any atom is -0.319 e. The molecule has 2 N–H and O–H groups in total. The molecule has 1 aromatic heterocycles. The maximum absolute atomic E-state index is 6.09. The van der Waals surface area contributed by atoms with Crippen molar-refractivity contribution < 1.29 is 0 Å². The average Bonchev–Trinajstić information content (AvgIpc) is 2.95. The molecule has 0 amide bonds. The van der Waals surface area contributed by atoms with Crippen LogP contribution in [-0.2, 0) is 12.8 Å². The first-order valence-corrected chi connectivity index (χ1v) is 6.87. The molecule has 2 aliphatic heterocycles. The van der Waals surface area contributed by atoms with Crippen molar-refractivity contribution in [2.24, 2.45) is 5.73 Å². The molecule has 17 heavy (non-hydrogen) atoms. The summed E-state index contributed by atoms with van der Waals surface area (Å²) in [7, 11) is 0. The molecule has 4 heteroatoms. The Morgan fingerprint density at radius 2 is 2.12 bits per heavy atom. The predicted octanol–water partition coefficient (Wildman–Crippen LogP) is 1.31. The number of imidazole rings is 1. The lowest BCUT2D eigenvalue weighted by Crippen LogP contribution is -2.24. The van der Waals surface area contributed by atoms with E-state index in [4.69, 9.17) is 10.7 Å². The van der Waals surface area contributed by atoms with Crippen LogP contribution in [0.2, 0.25) is 0 Å². The Hall–Kier alpha value is -0.870. The van der Waals surface area contributed by atoms with Gasteiger partial charge in [-0.2, -0.15) is 0 Å². The number of aryl methyl sites for hydroxylation is 1. The van der Waals surface area contributed by atoms with Gasteiger partial charge in [-0.15, -0.1) is 0 Å². The van der Waals surface area contributed by atoms with Gasteiger partial charge in [0.25, 0.3) is 0 Å². The van der Waals surface area contributed by atoms with Crippen molar-refractivity contribution in [2.75, 3.05) is 19.6 Å². The summed E-state index contributed by atoms with van der Waals surface area (Å²) < 4.78 is 2.18. The fraction of sp³-hybridized carbons (Fsp3) is 0.769. The maximum atomic E-state index is 6.09. The van der Waals surface area contributed by atoms with Gasteiger partial charge in [0.1, 0.15) is 5.82 Å². The fourth-order valence-electron chi connectivity index (χ4n) is 2.97. The van der Waals surface area contributed by atoms with Crippen LogP contribution in [0.3, 0.4) is 0 Å². The van der Waals surface area contributed by atoms with E-state index >= 15 is 0 Å². The fourth-order valence-corrected chi connectivity index (χ4v) is 2.97. The lowest BCUT2D eigenvalue weighted by molar-refractivity contribution is 0.342. The Bertz CT molecular complexity index is 379. The maximum Gasteiger partial charge on any atom is 0.110 e. The Kier molecular flexibility index (Phi) is 3.16. The highest BCUT2D eigenvalue weighted by Crippen LogP contribution is 2.21. The molecule has 0 bridgehead atoms. The topological polar surface area (TPSA) is 47.1 Å². The van der Waals surface area contributed by atoms with E-state index in [9.17, 15) is 0 Å². The molecule has 2 aliphatic rings. The largest absolute Gasteiger partial charge is 0.319 e. The third kappa shape index (κ3) is 2.38. The summed E-state index contributed by atoms with van der Waals surface area (Å²) in [6, 6.07) is 0. The molecule has 3 heterocycles. The van der Waals surface area contributed by atoms with Crippen molar-refractivity contribution >= 4 is 0 Å². The van der Waals surface area contributed by atoms with E-state index in [-0.39, 0.29) is 6.17 Å². The third-order valence-corrected chi connectivity index (χ3v) is 4.00. The molecule has 1 aromatic rings. The van der Waals surface area contributed by atoms with Crippen molar-refractivity contribution in [2.45, 2.75) is 44.7 Å². The van der Waals surface area contributed by atoms with Gasteiger partial charge in [0, 0.05) is 25.6 Å². The first kappa shape index (κ1) is 11.2. The van der Waals surface area contributed by atoms with Crippen LogP contribution < -0.4 is 5.73 Å². The Balaban J connectivity index is 1.63. The predicted molar refractivity (Wildman–Crippen MR) is 67.8 cm³/mol. The smallest absolute Gasteiger partial charge is 0.110 e. The lowest BCUT2D eigenvalue weighted by Gasteiger charge is -2.20. The highest BCUT2D eigenvalue weighted by molar-refractivity contribution is 5.08. The number of nitrogens with two attached hydrogens (primary N) is 1.